The third kappa shape index (κ3) is 3.35. The number of pyridine rings is 1. The molecule has 0 atom stereocenters. The normalized spacial score (nSPS) is 21.0. The maximum atomic E-state index is 7.60. The topological polar surface area (TPSA) is 69.2 Å². The monoisotopic (exact) mass is 273 g/mol. The van der Waals surface area contributed by atoms with Gasteiger partial charge in [0, 0.05) is 45.5 Å². The van der Waals surface area contributed by atoms with Crippen molar-refractivity contribution >= 4 is 5.84 Å². The molecule has 0 bridgehead atoms. The lowest BCUT2D eigenvalue weighted by atomic mass is 10.1. The first-order valence-corrected chi connectivity index (χ1v) is 7.45. The molecule has 1 saturated heterocycles. The van der Waals surface area contributed by atoms with Crippen LogP contribution in [-0.2, 0) is 6.54 Å². The van der Waals surface area contributed by atoms with E-state index in [0.29, 0.717) is 5.69 Å². The molecule has 5 heteroatoms. The maximum absolute atomic E-state index is 7.60. The van der Waals surface area contributed by atoms with Crippen molar-refractivity contribution in [2.45, 2.75) is 19.4 Å². The predicted molar refractivity (Wildman–Crippen MR) is 79.7 cm³/mol. The standard InChI is InChI=1S/C15H23N5/c16-15(17)14-13(2-1-5-18-14)11-20-8-6-19(7-9-20)10-12-3-4-12/h1-2,5,12H,3-4,6-11H2,(H3,16,17). The van der Waals surface area contributed by atoms with Gasteiger partial charge in [0.1, 0.15) is 11.5 Å². The molecule has 3 rings (SSSR count). The lowest BCUT2D eigenvalue weighted by Crippen LogP contribution is -2.46. The Bertz CT molecular complexity index is 475. The van der Waals surface area contributed by atoms with Gasteiger partial charge in [-0.1, -0.05) is 6.07 Å². The number of nitrogens with zero attached hydrogens (tertiary/aromatic N) is 3. The van der Waals surface area contributed by atoms with Crippen LogP contribution in [0.4, 0.5) is 0 Å². The quantitative estimate of drug-likeness (QED) is 0.617. The second-order valence-corrected chi connectivity index (χ2v) is 5.94. The van der Waals surface area contributed by atoms with E-state index in [1.54, 1.807) is 6.20 Å². The summed E-state index contributed by atoms with van der Waals surface area (Å²) in [5.41, 5.74) is 7.30. The molecule has 0 amide bonds. The van der Waals surface area contributed by atoms with E-state index in [-0.39, 0.29) is 5.84 Å². The van der Waals surface area contributed by atoms with Crippen molar-refractivity contribution in [3.05, 3.63) is 29.6 Å². The zero-order valence-electron chi connectivity index (χ0n) is 11.9. The highest BCUT2D eigenvalue weighted by Gasteiger charge is 2.26. The van der Waals surface area contributed by atoms with Gasteiger partial charge in [-0.15, -0.1) is 0 Å². The van der Waals surface area contributed by atoms with E-state index >= 15 is 0 Å². The molecule has 1 aromatic heterocycles. The van der Waals surface area contributed by atoms with Crippen LogP contribution < -0.4 is 5.73 Å². The van der Waals surface area contributed by atoms with Crippen LogP contribution >= 0.6 is 0 Å². The van der Waals surface area contributed by atoms with Gasteiger partial charge in [0.05, 0.1) is 0 Å². The number of nitrogens with one attached hydrogen (secondary N) is 1. The number of nitrogen functional groups attached to an aromatic ring is 1. The molecule has 1 aromatic rings. The Kier molecular flexibility index (Phi) is 3.98. The van der Waals surface area contributed by atoms with Gasteiger partial charge < -0.3 is 10.6 Å². The van der Waals surface area contributed by atoms with Gasteiger partial charge in [-0.25, -0.2) is 0 Å². The Labute approximate surface area is 120 Å². The molecule has 108 valence electrons. The van der Waals surface area contributed by atoms with Crippen LogP contribution in [-0.4, -0.2) is 53.3 Å². The Hall–Kier alpha value is -1.46. The molecule has 0 spiro atoms. The number of hydrogen-bond donors (Lipinski definition) is 2. The smallest absolute Gasteiger partial charge is 0.142 e. The zero-order chi connectivity index (χ0) is 13.9. The summed E-state index contributed by atoms with van der Waals surface area (Å²) in [7, 11) is 0. The van der Waals surface area contributed by atoms with Crippen LogP contribution in [0.3, 0.4) is 0 Å². The summed E-state index contributed by atoms with van der Waals surface area (Å²) in [6.45, 7) is 6.65. The van der Waals surface area contributed by atoms with Gasteiger partial charge in [-0.05, 0) is 30.4 Å². The lowest BCUT2D eigenvalue weighted by Gasteiger charge is -2.35. The molecule has 5 nitrogen and oxygen atoms in total. The molecule has 3 N–H and O–H groups in total. The van der Waals surface area contributed by atoms with Crippen molar-refractivity contribution in [1.82, 2.24) is 14.8 Å². The fraction of sp³-hybridized carbons (Fsp3) is 0.600. The van der Waals surface area contributed by atoms with Crippen LogP contribution in [0.15, 0.2) is 18.3 Å². The minimum absolute atomic E-state index is 0.0629. The first-order chi connectivity index (χ1) is 9.72. The lowest BCUT2D eigenvalue weighted by molar-refractivity contribution is 0.123. The molecule has 0 unspecified atom stereocenters. The molecular weight excluding hydrogens is 250 g/mol. The summed E-state index contributed by atoms with van der Waals surface area (Å²) in [6.07, 6.45) is 4.56. The molecule has 20 heavy (non-hydrogen) atoms. The van der Waals surface area contributed by atoms with E-state index in [2.05, 4.69) is 14.8 Å². The predicted octanol–water partition coefficient (Wildman–Crippen LogP) is 0.893. The Morgan fingerprint density at radius 2 is 1.95 bits per heavy atom. The molecule has 2 heterocycles. The summed E-state index contributed by atoms with van der Waals surface area (Å²) in [6, 6.07) is 3.95. The summed E-state index contributed by atoms with van der Waals surface area (Å²) in [5.74, 6) is 1.04. The van der Waals surface area contributed by atoms with Gasteiger partial charge in [-0.3, -0.25) is 15.3 Å². The van der Waals surface area contributed by atoms with Crippen LogP contribution in [0.25, 0.3) is 0 Å². The highest BCUT2D eigenvalue weighted by atomic mass is 15.3. The van der Waals surface area contributed by atoms with Crippen LogP contribution in [0.1, 0.15) is 24.1 Å². The Morgan fingerprint density at radius 3 is 2.60 bits per heavy atom. The van der Waals surface area contributed by atoms with Crippen LogP contribution in [0.5, 0.6) is 0 Å². The van der Waals surface area contributed by atoms with E-state index in [4.69, 9.17) is 11.1 Å². The maximum Gasteiger partial charge on any atom is 0.142 e. The SMILES string of the molecule is N=C(N)c1ncccc1CN1CCN(CC2CC2)CC1. The first kappa shape index (κ1) is 13.5. The van der Waals surface area contributed by atoms with Crippen molar-refractivity contribution in [1.29, 1.82) is 5.41 Å². The number of hydrogen-bond acceptors (Lipinski definition) is 4. The zero-order valence-corrected chi connectivity index (χ0v) is 11.9. The molecule has 1 aliphatic heterocycles. The van der Waals surface area contributed by atoms with Gasteiger partial charge in [-0.2, -0.15) is 0 Å². The van der Waals surface area contributed by atoms with E-state index in [9.17, 15) is 0 Å². The van der Waals surface area contributed by atoms with E-state index in [0.717, 1.165) is 44.2 Å². The van der Waals surface area contributed by atoms with Gasteiger partial charge in [0.15, 0.2) is 0 Å². The van der Waals surface area contributed by atoms with Crippen molar-refractivity contribution in [3.63, 3.8) is 0 Å². The highest BCUT2D eigenvalue weighted by molar-refractivity contribution is 5.94. The second kappa shape index (κ2) is 5.89. The number of rotatable bonds is 5. The minimum Gasteiger partial charge on any atom is -0.382 e. The molecular formula is C15H23N5. The molecule has 0 aromatic carbocycles. The summed E-state index contributed by atoms with van der Waals surface area (Å²) in [5, 5.41) is 7.60. The summed E-state index contributed by atoms with van der Waals surface area (Å²) >= 11 is 0. The number of aromatic nitrogens is 1. The fourth-order valence-corrected chi connectivity index (χ4v) is 2.85. The van der Waals surface area contributed by atoms with Gasteiger partial charge in [0.25, 0.3) is 0 Å². The van der Waals surface area contributed by atoms with Crippen molar-refractivity contribution in [3.8, 4) is 0 Å². The van der Waals surface area contributed by atoms with Crippen molar-refractivity contribution in [2.75, 3.05) is 32.7 Å². The average Bonchev–Trinajstić information content (AvgIpc) is 3.25. The molecule has 2 fully saturated rings. The molecule has 0 radical (unpaired) electrons. The fourth-order valence-electron chi connectivity index (χ4n) is 2.85. The van der Waals surface area contributed by atoms with Crippen LogP contribution in [0.2, 0.25) is 0 Å². The van der Waals surface area contributed by atoms with Gasteiger partial charge in [0.2, 0.25) is 0 Å². The van der Waals surface area contributed by atoms with Crippen LogP contribution in [0, 0.1) is 11.3 Å². The molecule has 1 saturated carbocycles. The third-order valence-electron chi connectivity index (χ3n) is 4.22. The Morgan fingerprint density at radius 1 is 1.25 bits per heavy atom. The van der Waals surface area contributed by atoms with E-state index in [1.165, 1.54) is 19.4 Å². The minimum atomic E-state index is 0.0629. The Balaban J connectivity index is 1.55. The number of piperazine rings is 1. The third-order valence-corrected chi connectivity index (χ3v) is 4.22. The first-order valence-electron chi connectivity index (χ1n) is 7.45. The highest BCUT2D eigenvalue weighted by Crippen LogP contribution is 2.30. The molecule has 2 aliphatic rings. The summed E-state index contributed by atoms with van der Waals surface area (Å²) < 4.78 is 0. The average molecular weight is 273 g/mol. The number of nitrogens with two attached hydrogens (primary N) is 1. The number of amidine groups is 1. The van der Waals surface area contributed by atoms with E-state index < -0.39 is 0 Å². The van der Waals surface area contributed by atoms with Crippen molar-refractivity contribution in [2.24, 2.45) is 11.7 Å². The summed E-state index contributed by atoms with van der Waals surface area (Å²) in [4.78, 5) is 9.24. The van der Waals surface area contributed by atoms with E-state index in [1.807, 2.05) is 12.1 Å². The van der Waals surface area contributed by atoms with Crippen molar-refractivity contribution < 1.29 is 0 Å². The molecule has 1 aliphatic carbocycles. The largest absolute Gasteiger partial charge is 0.382 e. The second-order valence-electron chi connectivity index (χ2n) is 5.94. The van der Waals surface area contributed by atoms with Gasteiger partial charge >= 0.3 is 0 Å².